The van der Waals surface area contributed by atoms with Crippen molar-refractivity contribution in [2.75, 3.05) is 18.4 Å². The van der Waals surface area contributed by atoms with E-state index in [2.05, 4.69) is 25.7 Å². The fourth-order valence-corrected chi connectivity index (χ4v) is 3.24. The zero-order valence-electron chi connectivity index (χ0n) is 16.3. The summed E-state index contributed by atoms with van der Waals surface area (Å²) in [6, 6.07) is 23.3. The Labute approximate surface area is 174 Å². The van der Waals surface area contributed by atoms with E-state index in [1.807, 2.05) is 79.0 Å². The number of hydrogen-bond donors (Lipinski definition) is 2. The van der Waals surface area contributed by atoms with Gasteiger partial charge in [-0.3, -0.25) is 4.79 Å². The molecule has 2 aromatic heterocycles. The quantitative estimate of drug-likeness (QED) is 0.446. The summed E-state index contributed by atoms with van der Waals surface area (Å²) in [6.45, 7) is 1.01. The van der Waals surface area contributed by atoms with Crippen LogP contribution in [0.15, 0.2) is 91.5 Å². The molecule has 1 amide bonds. The second kappa shape index (κ2) is 9.47. The first-order valence-corrected chi connectivity index (χ1v) is 9.75. The molecule has 150 valence electrons. The first-order valence-electron chi connectivity index (χ1n) is 9.75. The summed E-state index contributed by atoms with van der Waals surface area (Å²) in [7, 11) is 0. The number of hydrogen-bond acceptors (Lipinski definition) is 5. The van der Waals surface area contributed by atoms with Crippen LogP contribution >= 0.6 is 0 Å². The van der Waals surface area contributed by atoms with E-state index in [-0.39, 0.29) is 11.8 Å². The average Bonchev–Trinajstić information content (AvgIpc) is 3.34. The van der Waals surface area contributed by atoms with Gasteiger partial charge in [-0.1, -0.05) is 60.7 Å². The molecule has 0 aliphatic rings. The highest BCUT2D eigenvalue weighted by molar-refractivity contribution is 5.87. The van der Waals surface area contributed by atoms with Gasteiger partial charge in [0.05, 0.1) is 5.92 Å². The van der Waals surface area contributed by atoms with Crippen molar-refractivity contribution in [3.63, 3.8) is 0 Å². The van der Waals surface area contributed by atoms with Crippen LogP contribution < -0.4 is 10.6 Å². The van der Waals surface area contributed by atoms with E-state index in [0.717, 1.165) is 11.1 Å². The van der Waals surface area contributed by atoms with Crippen molar-refractivity contribution in [3.8, 4) is 5.82 Å². The monoisotopic (exact) mass is 398 g/mol. The molecule has 0 atom stereocenters. The lowest BCUT2D eigenvalue weighted by molar-refractivity contribution is -0.121. The van der Waals surface area contributed by atoms with Gasteiger partial charge in [-0.05, 0) is 17.2 Å². The van der Waals surface area contributed by atoms with E-state index in [9.17, 15) is 4.79 Å². The summed E-state index contributed by atoms with van der Waals surface area (Å²) < 4.78 is 1.67. The maximum atomic E-state index is 13.0. The standard InChI is InChI=1S/C23H22N6O/c30-23(22(18-8-3-1-4-9-18)19-10-5-2-6-11-19)25-14-13-24-20-16-21(27-17-26-20)29-15-7-12-28-29/h1-12,15-17,22H,13-14H2,(H,25,30)(H,24,26,27). The molecule has 4 aromatic rings. The van der Waals surface area contributed by atoms with Gasteiger partial charge in [0.1, 0.15) is 12.1 Å². The van der Waals surface area contributed by atoms with Crippen molar-refractivity contribution in [2.24, 2.45) is 0 Å². The van der Waals surface area contributed by atoms with Crippen molar-refractivity contribution < 1.29 is 4.79 Å². The highest BCUT2D eigenvalue weighted by Crippen LogP contribution is 2.24. The summed E-state index contributed by atoms with van der Waals surface area (Å²) in [6.07, 6.45) is 5.00. The molecule has 2 aromatic carbocycles. The van der Waals surface area contributed by atoms with Crippen LogP contribution in [0.25, 0.3) is 5.82 Å². The van der Waals surface area contributed by atoms with Crippen LogP contribution in [-0.2, 0) is 4.79 Å². The van der Waals surface area contributed by atoms with Gasteiger partial charge < -0.3 is 10.6 Å². The Hall–Kier alpha value is -4.00. The molecule has 0 aliphatic carbocycles. The minimum atomic E-state index is -0.349. The smallest absolute Gasteiger partial charge is 0.232 e. The number of benzene rings is 2. The van der Waals surface area contributed by atoms with Gasteiger partial charge in [0.25, 0.3) is 0 Å². The minimum absolute atomic E-state index is 0.0332. The predicted octanol–water partition coefficient (Wildman–Crippen LogP) is 3.02. The highest BCUT2D eigenvalue weighted by atomic mass is 16.1. The third-order valence-corrected chi connectivity index (χ3v) is 4.65. The summed E-state index contributed by atoms with van der Waals surface area (Å²) in [5, 5.41) is 10.4. The molecule has 0 saturated heterocycles. The van der Waals surface area contributed by atoms with Crippen LogP contribution in [0, 0.1) is 0 Å². The normalized spacial score (nSPS) is 10.7. The molecule has 2 heterocycles. The maximum absolute atomic E-state index is 13.0. The Morgan fingerprint density at radius 3 is 2.23 bits per heavy atom. The molecule has 30 heavy (non-hydrogen) atoms. The minimum Gasteiger partial charge on any atom is -0.368 e. The second-order valence-corrected chi connectivity index (χ2v) is 6.68. The Balaban J connectivity index is 1.37. The van der Waals surface area contributed by atoms with E-state index < -0.39 is 0 Å². The molecular formula is C23H22N6O. The third kappa shape index (κ3) is 4.70. The zero-order valence-corrected chi connectivity index (χ0v) is 16.3. The van der Waals surface area contributed by atoms with Crippen LogP contribution in [0.4, 0.5) is 5.82 Å². The number of nitrogens with one attached hydrogen (secondary N) is 2. The molecule has 0 spiro atoms. The van der Waals surface area contributed by atoms with E-state index >= 15 is 0 Å². The van der Waals surface area contributed by atoms with E-state index in [1.54, 1.807) is 10.9 Å². The van der Waals surface area contributed by atoms with Crippen molar-refractivity contribution in [3.05, 3.63) is 103 Å². The first-order chi connectivity index (χ1) is 14.8. The van der Waals surface area contributed by atoms with Crippen LogP contribution in [-0.4, -0.2) is 38.7 Å². The topological polar surface area (TPSA) is 84.7 Å². The molecule has 4 rings (SSSR count). The highest BCUT2D eigenvalue weighted by Gasteiger charge is 2.21. The molecule has 7 heteroatoms. The summed E-state index contributed by atoms with van der Waals surface area (Å²) in [5.74, 6) is 0.967. The average molecular weight is 398 g/mol. The van der Waals surface area contributed by atoms with Gasteiger partial charge in [0.15, 0.2) is 5.82 Å². The number of nitrogens with zero attached hydrogens (tertiary/aromatic N) is 4. The lowest BCUT2D eigenvalue weighted by atomic mass is 9.90. The molecule has 7 nitrogen and oxygen atoms in total. The summed E-state index contributed by atoms with van der Waals surface area (Å²) in [5.41, 5.74) is 1.93. The Morgan fingerprint density at radius 1 is 0.900 bits per heavy atom. The van der Waals surface area contributed by atoms with Gasteiger partial charge in [-0.15, -0.1) is 0 Å². The van der Waals surface area contributed by atoms with Crippen LogP contribution in [0.2, 0.25) is 0 Å². The summed E-state index contributed by atoms with van der Waals surface area (Å²) in [4.78, 5) is 21.4. The first kappa shape index (κ1) is 19.3. The number of anilines is 1. The van der Waals surface area contributed by atoms with Gasteiger partial charge in [0.2, 0.25) is 5.91 Å². The van der Waals surface area contributed by atoms with Crippen LogP contribution in [0.5, 0.6) is 0 Å². The van der Waals surface area contributed by atoms with Crippen molar-refractivity contribution in [2.45, 2.75) is 5.92 Å². The molecule has 0 unspecified atom stereocenters. The SMILES string of the molecule is O=C(NCCNc1cc(-n2cccn2)ncn1)C(c1ccccc1)c1ccccc1. The summed E-state index contributed by atoms with van der Waals surface area (Å²) >= 11 is 0. The third-order valence-electron chi connectivity index (χ3n) is 4.65. The lowest BCUT2D eigenvalue weighted by Crippen LogP contribution is -2.33. The van der Waals surface area contributed by atoms with Crippen molar-refractivity contribution in [1.29, 1.82) is 0 Å². The number of rotatable bonds is 8. The number of aromatic nitrogens is 4. The Kier molecular flexibility index (Phi) is 6.10. The fraction of sp³-hybridized carbons (Fsp3) is 0.130. The molecule has 0 saturated carbocycles. The van der Waals surface area contributed by atoms with Gasteiger partial charge in [-0.25, -0.2) is 14.6 Å². The van der Waals surface area contributed by atoms with Gasteiger partial charge in [-0.2, -0.15) is 5.10 Å². The van der Waals surface area contributed by atoms with Crippen LogP contribution in [0.1, 0.15) is 17.0 Å². The van der Waals surface area contributed by atoms with Gasteiger partial charge in [0, 0.05) is 31.5 Å². The number of carbonyl (C=O) groups is 1. The van der Waals surface area contributed by atoms with Crippen LogP contribution in [0.3, 0.4) is 0 Å². The van der Waals surface area contributed by atoms with E-state index in [1.165, 1.54) is 6.33 Å². The molecule has 0 fully saturated rings. The molecule has 0 bridgehead atoms. The zero-order chi connectivity index (χ0) is 20.6. The fourth-order valence-electron chi connectivity index (χ4n) is 3.24. The Bertz CT molecular complexity index is 1030. The molecule has 0 radical (unpaired) electrons. The predicted molar refractivity (Wildman–Crippen MR) is 115 cm³/mol. The molecular weight excluding hydrogens is 376 g/mol. The van der Waals surface area contributed by atoms with Crippen molar-refractivity contribution in [1.82, 2.24) is 25.1 Å². The number of amides is 1. The maximum Gasteiger partial charge on any atom is 0.232 e. The molecule has 0 aliphatic heterocycles. The molecule has 2 N–H and O–H groups in total. The Morgan fingerprint density at radius 2 is 1.60 bits per heavy atom. The lowest BCUT2D eigenvalue weighted by Gasteiger charge is -2.18. The van der Waals surface area contributed by atoms with Gasteiger partial charge >= 0.3 is 0 Å². The van der Waals surface area contributed by atoms with E-state index in [0.29, 0.717) is 24.7 Å². The largest absolute Gasteiger partial charge is 0.368 e. The van der Waals surface area contributed by atoms with E-state index in [4.69, 9.17) is 0 Å². The number of carbonyl (C=O) groups excluding carboxylic acids is 1. The van der Waals surface area contributed by atoms with Crippen molar-refractivity contribution >= 4 is 11.7 Å². The second-order valence-electron chi connectivity index (χ2n) is 6.68.